The van der Waals surface area contributed by atoms with E-state index >= 15 is 0 Å². The van der Waals surface area contributed by atoms with Crippen LogP contribution >= 0.6 is 15.9 Å². The molecule has 0 bridgehead atoms. The van der Waals surface area contributed by atoms with Crippen LogP contribution in [0.15, 0.2) is 18.2 Å². The zero-order chi connectivity index (χ0) is 12.5. The van der Waals surface area contributed by atoms with Crippen LogP contribution in [0.25, 0.3) is 0 Å². The lowest BCUT2D eigenvalue weighted by Crippen LogP contribution is -2.08. The Labute approximate surface area is 111 Å². The largest absolute Gasteiger partial charge is 0.497 e. The van der Waals surface area contributed by atoms with Gasteiger partial charge in [0.2, 0.25) is 0 Å². The van der Waals surface area contributed by atoms with Crippen molar-refractivity contribution >= 4 is 15.9 Å². The molecule has 0 aliphatic rings. The average molecular weight is 303 g/mol. The Kier molecular flexibility index (Phi) is 7.05. The lowest BCUT2D eigenvalue weighted by atomic mass is 10.2. The van der Waals surface area contributed by atoms with Crippen LogP contribution in [0.3, 0.4) is 0 Å². The van der Waals surface area contributed by atoms with Crippen LogP contribution in [0, 0.1) is 0 Å². The van der Waals surface area contributed by atoms with Gasteiger partial charge < -0.3 is 14.2 Å². The highest BCUT2D eigenvalue weighted by Crippen LogP contribution is 2.26. The Hall–Kier alpha value is -0.740. The van der Waals surface area contributed by atoms with Crippen molar-refractivity contribution < 1.29 is 14.2 Å². The molecule has 3 nitrogen and oxygen atoms in total. The quantitative estimate of drug-likeness (QED) is 0.544. The van der Waals surface area contributed by atoms with Gasteiger partial charge in [-0.2, -0.15) is 0 Å². The Morgan fingerprint density at radius 2 is 2.00 bits per heavy atom. The Morgan fingerprint density at radius 1 is 1.18 bits per heavy atom. The fraction of sp³-hybridized carbons (Fsp3) is 0.538. The standard InChI is InChI=1S/C13H19BrO3/c1-3-6-16-7-8-17-13-5-4-12(15-2)9-11(13)10-14/h4-5,9H,3,6-8,10H2,1-2H3. The first-order valence-corrected chi connectivity index (χ1v) is 6.87. The number of alkyl halides is 1. The molecule has 1 aromatic carbocycles. The van der Waals surface area contributed by atoms with Crippen LogP contribution in [0.4, 0.5) is 0 Å². The van der Waals surface area contributed by atoms with Gasteiger partial charge in [0, 0.05) is 17.5 Å². The third-order valence-electron chi connectivity index (χ3n) is 2.25. The van der Waals surface area contributed by atoms with Gasteiger partial charge in [-0.1, -0.05) is 22.9 Å². The summed E-state index contributed by atoms with van der Waals surface area (Å²) in [5, 5.41) is 0.745. The average Bonchev–Trinajstić information content (AvgIpc) is 2.38. The Morgan fingerprint density at radius 3 is 2.65 bits per heavy atom. The molecule has 96 valence electrons. The molecule has 4 heteroatoms. The molecule has 0 heterocycles. The maximum atomic E-state index is 5.66. The van der Waals surface area contributed by atoms with E-state index in [2.05, 4.69) is 22.9 Å². The molecule has 0 saturated carbocycles. The molecule has 0 spiro atoms. The second kappa shape index (κ2) is 8.37. The first-order valence-electron chi connectivity index (χ1n) is 5.75. The smallest absolute Gasteiger partial charge is 0.123 e. The van der Waals surface area contributed by atoms with Gasteiger partial charge in [-0.15, -0.1) is 0 Å². The maximum Gasteiger partial charge on any atom is 0.123 e. The third kappa shape index (κ3) is 4.96. The molecule has 0 saturated heterocycles. The summed E-state index contributed by atoms with van der Waals surface area (Å²) in [6.45, 7) is 4.08. The van der Waals surface area contributed by atoms with E-state index in [0.717, 1.165) is 35.4 Å². The van der Waals surface area contributed by atoms with Gasteiger partial charge in [-0.25, -0.2) is 0 Å². The van der Waals surface area contributed by atoms with E-state index in [1.807, 2.05) is 18.2 Å². The molecule has 1 aromatic rings. The lowest BCUT2D eigenvalue weighted by molar-refractivity contribution is 0.100. The molecule has 17 heavy (non-hydrogen) atoms. The summed E-state index contributed by atoms with van der Waals surface area (Å²) < 4.78 is 16.2. The molecule has 0 aliphatic carbocycles. The van der Waals surface area contributed by atoms with Crippen molar-refractivity contribution in [1.82, 2.24) is 0 Å². The molecule has 0 radical (unpaired) electrons. The number of ether oxygens (including phenoxy) is 3. The fourth-order valence-electron chi connectivity index (χ4n) is 1.38. The summed E-state index contributed by atoms with van der Waals surface area (Å²) in [7, 11) is 1.66. The van der Waals surface area contributed by atoms with Crippen LogP contribution in [-0.2, 0) is 10.1 Å². The van der Waals surface area contributed by atoms with Gasteiger partial charge in [0.15, 0.2) is 0 Å². The van der Waals surface area contributed by atoms with Gasteiger partial charge in [0.25, 0.3) is 0 Å². The van der Waals surface area contributed by atoms with Crippen molar-refractivity contribution in [1.29, 1.82) is 0 Å². The van der Waals surface area contributed by atoms with E-state index in [0.29, 0.717) is 13.2 Å². The summed E-state index contributed by atoms with van der Waals surface area (Å²) in [5.74, 6) is 1.72. The van der Waals surface area contributed by atoms with Gasteiger partial charge in [0.05, 0.1) is 13.7 Å². The number of rotatable bonds is 8. The molecule has 0 N–H and O–H groups in total. The summed E-state index contributed by atoms with van der Waals surface area (Å²) in [4.78, 5) is 0. The number of hydrogen-bond donors (Lipinski definition) is 0. The number of hydrogen-bond acceptors (Lipinski definition) is 3. The van der Waals surface area contributed by atoms with Crippen molar-refractivity contribution in [3.63, 3.8) is 0 Å². The van der Waals surface area contributed by atoms with Crippen molar-refractivity contribution in [3.05, 3.63) is 23.8 Å². The van der Waals surface area contributed by atoms with E-state index in [4.69, 9.17) is 14.2 Å². The summed E-state index contributed by atoms with van der Waals surface area (Å²) >= 11 is 3.44. The molecular formula is C13H19BrO3. The van der Waals surface area contributed by atoms with E-state index in [9.17, 15) is 0 Å². The van der Waals surface area contributed by atoms with Crippen molar-refractivity contribution in [2.75, 3.05) is 26.9 Å². The first kappa shape index (κ1) is 14.3. The van der Waals surface area contributed by atoms with Crippen LogP contribution in [0.5, 0.6) is 11.5 Å². The van der Waals surface area contributed by atoms with E-state index in [1.165, 1.54) is 0 Å². The highest BCUT2D eigenvalue weighted by molar-refractivity contribution is 9.08. The predicted octanol–water partition coefficient (Wildman–Crippen LogP) is 3.40. The zero-order valence-corrected chi connectivity index (χ0v) is 12.0. The topological polar surface area (TPSA) is 27.7 Å². The fourth-order valence-corrected chi connectivity index (χ4v) is 1.82. The monoisotopic (exact) mass is 302 g/mol. The highest BCUT2D eigenvalue weighted by Gasteiger charge is 2.04. The van der Waals surface area contributed by atoms with Gasteiger partial charge in [-0.05, 0) is 24.6 Å². The van der Waals surface area contributed by atoms with Crippen LogP contribution in [0.2, 0.25) is 0 Å². The lowest BCUT2D eigenvalue weighted by Gasteiger charge is -2.11. The molecule has 1 rings (SSSR count). The molecule has 0 unspecified atom stereocenters. The van der Waals surface area contributed by atoms with Crippen molar-refractivity contribution in [2.24, 2.45) is 0 Å². The molecule has 0 aliphatic heterocycles. The van der Waals surface area contributed by atoms with E-state index < -0.39 is 0 Å². The number of methoxy groups -OCH3 is 1. The minimum absolute atomic E-state index is 0.576. The molecular weight excluding hydrogens is 284 g/mol. The second-order valence-electron chi connectivity index (χ2n) is 3.57. The van der Waals surface area contributed by atoms with Crippen LogP contribution < -0.4 is 9.47 Å². The van der Waals surface area contributed by atoms with Gasteiger partial charge in [-0.3, -0.25) is 0 Å². The minimum atomic E-state index is 0.576. The van der Waals surface area contributed by atoms with Crippen molar-refractivity contribution in [3.8, 4) is 11.5 Å². The minimum Gasteiger partial charge on any atom is -0.497 e. The third-order valence-corrected chi connectivity index (χ3v) is 2.85. The number of halogens is 1. The molecule has 0 atom stereocenters. The Bertz CT molecular complexity index is 328. The van der Waals surface area contributed by atoms with Gasteiger partial charge in [0.1, 0.15) is 18.1 Å². The maximum absolute atomic E-state index is 5.66. The van der Waals surface area contributed by atoms with Gasteiger partial charge >= 0.3 is 0 Å². The van der Waals surface area contributed by atoms with E-state index in [1.54, 1.807) is 7.11 Å². The van der Waals surface area contributed by atoms with E-state index in [-0.39, 0.29) is 0 Å². The summed E-state index contributed by atoms with van der Waals surface area (Å²) in [5.41, 5.74) is 1.08. The normalized spacial score (nSPS) is 10.3. The summed E-state index contributed by atoms with van der Waals surface area (Å²) in [6.07, 6.45) is 1.04. The second-order valence-corrected chi connectivity index (χ2v) is 4.13. The predicted molar refractivity (Wildman–Crippen MR) is 72.2 cm³/mol. The molecule has 0 aromatic heterocycles. The zero-order valence-electron chi connectivity index (χ0n) is 10.4. The van der Waals surface area contributed by atoms with Crippen LogP contribution in [-0.4, -0.2) is 26.9 Å². The summed E-state index contributed by atoms with van der Waals surface area (Å²) in [6, 6.07) is 5.79. The van der Waals surface area contributed by atoms with Crippen molar-refractivity contribution in [2.45, 2.75) is 18.7 Å². The Balaban J connectivity index is 2.46. The number of benzene rings is 1. The SMILES string of the molecule is CCCOCCOc1ccc(OC)cc1CBr. The first-order chi connectivity index (χ1) is 8.31. The molecule has 0 amide bonds. The highest BCUT2D eigenvalue weighted by atomic mass is 79.9. The van der Waals surface area contributed by atoms with Crippen LogP contribution in [0.1, 0.15) is 18.9 Å². The molecule has 0 fully saturated rings.